The van der Waals surface area contributed by atoms with Gasteiger partial charge >= 0.3 is 18.8 Å². The van der Waals surface area contributed by atoms with Crippen LogP contribution in [-0.4, -0.2) is 35.6 Å². The third-order valence-electron chi connectivity index (χ3n) is 1.99. The van der Waals surface area contributed by atoms with E-state index >= 15 is 0 Å². The number of halogens is 11. The Morgan fingerprint density at radius 2 is 1.05 bits per heavy atom. The maximum absolute atomic E-state index is 12.9. The zero-order chi connectivity index (χ0) is 15.9. The summed E-state index contributed by atoms with van der Waals surface area (Å²) in [6.07, 6.45) is -21.6. The van der Waals surface area contributed by atoms with Crippen LogP contribution < -0.4 is 0 Å². The average Bonchev–Trinajstić information content (AvgIpc) is 2.07. The highest BCUT2D eigenvalue weighted by Gasteiger charge is 2.70. The molecule has 0 N–H and O–H groups in total. The van der Waals surface area contributed by atoms with Gasteiger partial charge in [-0.15, -0.1) is 4.90 Å². The summed E-state index contributed by atoms with van der Waals surface area (Å²) in [6.45, 7) is 0.337. The monoisotopic (exact) mass is 313 g/mol. The molecule has 0 aromatic heterocycles. The predicted octanol–water partition coefficient (Wildman–Crippen LogP) is 4.30. The van der Waals surface area contributed by atoms with Crippen LogP contribution in [0.3, 0.4) is 0 Å². The van der Waals surface area contributed by atoms with E-state index in [2.05, 4.69) is 0 Å². The number of hydrogen-bond donors (Lipinski definition) is 0. The minimum Gasteiger partial charge on any atom is -0.205 e. The van der Waals surface area contributed by atoms with Gasteiger partial charge in [-0.25, -0.2) is 8.78 Å². The first-order chi connectivity index (χ1) is 8.05. The Bertz CT molecular complexity index is 284. The lowest BCUT2D eigenvalue weighted by atomic mass is 10.1. The summed E-state index contributed by atoms with van der Waals surface area (Å²) in [5.41, 5.74) is 0. The summed E-state index contributed by atoms with van der Waals surface area (Å²) in [4.78, 5) is -3.14. The van der Waals surface area contributed by atoms with Gasteiger partial charge in [-0.1, -0.05) is 6.92 Å². The van der Waals surface area contributed by atoms with E-state index in [0.717, 1.165) is 0 Å². The Kier molecular flexibility index (Phi) is 4.73. The summed E-state index contributed by atoms with van der Waals surface area (Å²) in [5.74, 6) is -5.26. The van der Waals surface area contributed by atoms with E-state index in [-0.39, 0.29) is 0 Å². The van der Waals surface area contributed by atoms with E-state index in [9.17, 15) is 48.3 Å². The van der Waals surface area contributed by atoms with Crippen molar-refractivity contribution in [3.05, 3.63) is 0 Å². The van der Waals surface area contributed by atoms with E-state index in [1.54, 1.807) is 0 Å². The molecular weight excluding hydrogens is 307 g/mol. The third-order valence-corrected chi connectivity index (χ3v) is 1.99. The molecule has 0 radical (unpaired) electrons. The van der Waals surface area contributed by atoms with Crippen LogP contribution in [0.25, 0.3) is 0 Å². The van der Waals surface area contributed by atoms with Crippen LogP contribution >= 0.6 is 0 Å². The summed E-state index contributed by atoms with van der Waals surface area (Å²) in [5, 5.41) is 0. The van der Waals surface area contributed by atoms with Gasteiger partial charge in [0.15, 0.2) is 6.04 Å². The lowest BCUT2D eigenvalue weighted by Gasteiger charge is -2.38. The minimum absolute atomic E-state index is 0.337. The van der Waals surface area contributed by atoms with Crippen molar-refractivity contribution < 1.29 is 48.3 Å². The van der Waals surface area contributed by atoms with Crippen LogP contribution in [-0.2, 0) is 0 Å². The van der Waals surface area contributed by atoms with E-state index < -0.39 is 42.1 Å². The number of nitrogens with zero attached hydrogens (tertiary/aromatic N) is 1. The van der Waals surface area contributed by atoms with Crippen LogP contribution in [0.1, 0.15) is 13.3 Å². The summed E-state index contributed by atoms with van der Waals surface area (Å²) >= 11 is 0. The van der Waals surface area contributed by atoms with Crippen molar-refractivity contribution in [1.82, 2.24) is 4.90 Å². The molecule has 0 aliphatic rings. The van der Waals surface area contributed by atoms with E-state index in [4.69, 9.17) is 0 Å². The van der Waals surface area contributed by atoms with Crippen molar-refractivity contribution in [2.45, 2.75) is 44.1 Å². The van der Waals surface area contributed by atoms with Gasteiger partial charge in [-0.05, 0) is 0 Å². The van der Waals surface area contributed by atoms with Gasteiger partial charge in [-0.2, -0.15) is 39.5 Å². The van der Waals surface area contributed by atoms with Gasteiger partial charge in [0.1, 0.15) is 0 Å². The van der Waals surface area contributed by atoms with Gasteiger partial charge in [0, 0.05) is 6.42 Å². The zero-order valence-corrected chi connectivity index (χ0v) is 8.89. The van der Waals surface area contributed by atoms with E-state index in [1.807, 2.05) is 0 Å². The average molecular weight is 313 g/mol. The molecular formula is C7H6F11N. The molecule has 0 fully saturated rings. The molecule has 0 saturated carbocycles. The lowest BCUT2D eigenvalue weighted by molar-refractivity contribution is -0.426. The zero-order valence-electron chi connectivity index (χ0n) is 8.89. The van der Waals surface area contributed by atoms with Crippen molar-refractivity contribution in [2.75, 3.05) is 0 Å². The molecule has 0 aromatic rings. The molecule has 1 unspecified atom stereocenters. The Morgan fingerprint density at radius 1 is 0.737 bits per heavy atom. The van der Waals surface area contributed by atoms with Gasteiger partial charge < -0.3 is 0 Å². The van der Waals surface area contributed by atoms with Gasteiger partial charge in [-0.3, -0.25) is 0 Å². The molecule has 1 nitrogen and oxygen atoms in total. The first-order valence-corrected chi connectivity index (χ1v) is 4.42. The third kappa shape index (κ3) is 4.35. The van der Waals surface area contributed by atoms with Crippen molar-refractivity contribution in [2.24, 2.45) is 0 Å². The topological polar surface area (TPSA) is 3.24 Å². The number of hydrogen-bond acceptors (Lipinski definition) is 1. The molecule has 0 spiro atoms. The highest BCUT2D eigenvalue weighted by atomic mass is 19.4. The molecule has 0 heterocycles. The second-order valence-corrected chi connectivity index (χ2v) is 3.36. The fraction of sp³-hybridized carbons (Fsp3) is 1.00. The standard InChI is InChI=1S/C7H6F11N/c1-2-4(8,9)3(5(10,11)12)19(6(13,14)15)7(16,17)18/h3H,2H2,1H3. The molecule has 0 amide bonds. The predicted molar refractivity (Wildman–Crippen MR) is 39.0 cm³/mol. The smallest absolute Gasteiger partial charge is 0.205 e. The largest absolute Gasteiger partial charge is 0.467 e. The Balaban J connectivity index is 5.95. The van der Waals surface area contributed by atoms with Crippen LogP contribution in [0.15, 0.2) is 0 Å². The molecule has 0 aromatic carbocycles. The van der Waals surface area contributed by atoms with Crippen LogP contribution in [0.2, 0.25) is 0 Å². The van der Waals surface area contributed by atoms with Gasteiger partial charge in [0.05, 0.1) is 0 Å². The molecule has 1 atom stereocenters. The van der Waals surface area contributed by atoms with Crippen LogP contribution in [0, 0.1) is 0 Å². The molecule has 0 aliphatic carbocycles. The number of rotatable bonds is 3. The first-order valence-electron chi connectivity index (χ1n) is 4.42. The second kappa shape index (κ2) is 4.94. The summed E-state index contributed by atoms with van der Waals surface area (Å²) in [7, 11) is 0. The Labute approximate surface area is 98.5 Å². The molecule has 12 heteroatoms. The van der Waals surface area contributed by atoms with E-state index in [0.29, 0.717) is 6.92 Å². The first kappa shape index (κ1) is 18.2. The highest BCUT2D eigenvalue weighted by molar-refractivity contribution is 4.92. The summed E-state index contributed by atoms with van der Waals surface area (Å²) < 4.78 is 135. The quantitative estimate of drug-likeness (QED) is 0.554. The SMILES string of the molecule is CCC(F)(F)C(N(C(F)(F)F)C(F)(F)F)C(F)(F)F. The molecule has 0 saturated heterocycles. The second-order valence-electron chi connectivity index (χ2n) is 3.36. The van der Waals surface area contributed by atoms with Crippen LogP contribution in [0.4, 0.5) is 48.3 Å². The van der Waals surface area contributed by atoms with Crippen molar-refractivity contribution in [3.8, 4) is 0 Å². The maximum atomic E-state index is 12.9. The fourth-order valence-electron chi connectivity index (χ4n) is 1.20. The van der Waals surface area contributed by atoms with Gasteiger partial charge in [0.25, 0.3) is 5.92 Å². The summed E-state index contributed by atoms with van der Waals surface area (Å²) in [6, 6.07) is -5.04. The molecule has 0 bridgehead atoms. The molecule has 0 aliphatic heterocycles. The fourth-order valence-corrected chi connectivity index (χ4v) is 1.20. The highest BCUT2D eigenvalue weighted by Crippen LogP contribution is 2.46. The van der Waals surface area contributed by atoms with Crippen molar-refractivity contribution >= 4 is 0 Å². The molecule has 19 heavy (non-hydrogen) atoms. The maximum Gasteiger partial charge on any atom is 0.467 e. The van der Waals surface area contributed by atoms with Crippen molar-refractivity contribution in [3.63, 3.8) is 0 Å². The molecule has 116 valence electrons. The lowest BCUT2D eigenvalue weighted by Crippen LogP contribution is -2.65. The number of alkyl halides is 11. The van der Waals surface area contributed by atoms with Gasteiger partial charge in [0.2, 0.25) is 0 Å². The van der Waals surface area contributed by atoms with Crippen molar-refractivity contribution in [1.29, 1.82) is 0 Å². The Morgan fingerprint density at radius 3 is 1.21 bits per heavy atom. The normalized spacial score (nSPS) is 16.9. The Hall–Kier alpha value is -0.810. The minimum atomic E-state index is -6.66. The van der Waals surface area contributed by atoms with Crippen LogP contribution in [0.5, 0.6) is 0 Å². The molecule has 0 rings (SSSR count). The van der Waals surface area contributed by atoms with E-state index in [1.165, 1.54) is 0 Å².